The van der Waals surface area contributed by atoms with Gasteiger partial charge in [0.25, 0.3) is 5.91 Å². The van der Waals surface area contributed by atoms with Gasteiger partial charge in [0.05, 0.1) is 0 Å². The van der Waals surface area contributed by atoms with Crippen LogP contribution in [-0.4, -0.2) is 17.7 Å². The van der Waals surface area contributed by atoms with Crippen molar-refractivity contribution >= 4 is 34.8 Å². The molecule has 0 spiro atoms. The number of carbonyl (C=O) groups excluding carboxylic acids is 3. The van der Waals surface area contributed by atoms with Crippen molar-refractivity contribution in [2.75, 3.05) is 16.0 Å². The zero-order valence-electron chi connectivity index (χ0n) is 17.4. The maximum absolute atomic E-state index is 12.2. The standard InChI is InChI=1S/C19H17N3O3.2C2H6/c1-3-17(23)20-14-7-5-13(6-8-14)19(25)22-16-11-9-15(10-12-16)21-18(24)4-2;2*1-2/h3-12H,1-2H2,(H,20,23)(H,21,24)(H,22,25);2*1-2H3. The van der Waals surface area contributed by atoms with Crippen molar-refractivity contribution < 1.29 is 14.4 Å². The predicted octanol–water partition coefficient (Wildman–Crippen LogP) is 5.24. The minimum atomic E-state index is -0.319. The molecule has 0 unspecified atom stereocenters. The van der Waals surface area contributed by atoms with E-state index in [0.717, 1.165) is 0 Å². The van der Waals surface area contributed by atoms with Crippen LogP contribution in [0.15, 0.2) is 73.8 Å². The van der Waals surface area contributed by atoms with Gasteiger partial charge >= 0.3 is 0 Å². The highest BCUT2D eigenvalue weighted by Gasteiger charge is 2.07. The molecule has 2 rings (SSSR count). The highest BCUT2D eigenvalue weighted by atomic mass is 16.2. The van der Waals surface area contributed by atoms with Crippen LogP contribution in [-0.2, 0) is 9.59 Å². The fourth-order valence-corrected chi connectivity index (χ4v) is 1.93. The van der Waals surface area contributed by atoms with E-state index in [1.54, 1.807) is 48.5 Å². The number of carbonyl (C=O) groups is 3. The Hall–Kier alpha value is -3.67. The van der Waals surface area contributed by atoms with Crippen LogP contribution in [0.5, 0.6) is 0 Å². The summed E-state index contributed by atoms with van der Waals surface area (Å²) < 4.78 is 0. The highest BCUT2D eigenvalue weighted by Crippen LogP contribution is 2.16. The third kappa shape index (κ3) is 9.19. The normalized spacial score (nSPS) is 8.69. The van der Waals surface area contributed by atoms with Crippen LogP contribution in [0.1, 0.15) is 38.1 Å². The summed E-state index contributed by atoms with van der Waals surface area (Å²) in [6, 6.07) is 13.2. The Balaban J connectivity index is 0.00000184. The summed E-state index contributed by atoms with van der Waals surface area (Å²) in [7, 11) is 0. The van der Waals surface area contributed by atoms with Crippen LogP contribution in [0.2, 0.25) is 0 Å². The van der Waals surface area contributed by atoms with Crippen LogP contribution in [0.4, 0.5) is 17.1 Å². The quantitative estimate of drug-likeness (QED) is 0.585. The summed E-state index contributed by atoms with van der Waals surface area (Å²) in [4.78, 5) is 34.6. The molecule has 0 heterocycles. The fourth-order valence-electron chi connectivity index (χ4n) is 1.93. The van der Waals surface area contributed by atoms with Gasteiger partial charge in [-0.25, -0.2) is 0 Å². The third-order valence-electron chi connectivity index (χ3n) is 3.20. The van der Waals surface area contributed by atoms with Gasteiger partial charge in [0, 0.05) is 22.6 Å². The van der Waals surface area contributed by atoms with E-state index in [1.807, 2.05) is 27.7 Å². The number of hydrogen-bond acceptors (Lipinski definition) is 3. The molecule has 2 aromatic carbocycles. The Morgan fingerprint density at radius 2 is 0.931 bits per heavy atom. The van der Waals surface area contributed by atoms with Crippen LogP contribution < -0.4 is 16.0 Å². The smallest absolute Gasteiger partial charge is 0.255 e. The Bertz CT molecular complexity index is 810. The number of hydrogen-bond donors (Lipinski definition) is 3. The largest absolute Gasteiger partial charge is 0.323 e. The van der Waals surface area contributed by atoms with Gasteiger partial charge in [-0.15, -0.1) is 0 Å². The maximum atomic E-state index is 12.2. The van der Waals surface area contributed by atoms with Gasteiger partial charge in [-0.1, -0.05) is 40.9 Å². The third-order valence-corrected chi connectivity index (χ3v) is 3.20. The van der Waals surface area contributed by atoms with Gasteiger partial charge in [0.2, 0.25) is 11.8 Å². The van der Waals surface area contributed by atoms with E-state index in [4.69, 9.17) is 0 Å². The lowest BCUT2D eigenvalue weighted by atomic mass is 10.2. The average molecular weight is 396 g/mol. The van der Waals surface area contributed by atoms with E-state index in [2.05, 4.69) is 29.1 Å². The summed E-state index contributed by atoms with van der Waals surface area (Å²) in [5, 5.41) is 7.97. The maximum Gasteiger partial charge on any atom is 0.255 e. The SMILES string of the molecule is C=CC(=O)Nc1ccc(NC(=O)c2ccc(NC(=O)C=C)cc2)cc1.CC.CC. The molecule has 3 amide bonds. The summed E-state index contributed by atoms with van der Waals surface area (Å²) >= 11 is 0. The van der Waals surface area contributed by atoms with Gasteiger partial charge in [0.1, 0.15) is 0 Å². The second-order valence-corrected chi connectivity index (χ2v) is 5.00. The monoisotopic (exact) mass is 395 g/mol. The molecule has 29 heavy (non-hydrogen) atoms. The molecule has 0 aliphatic carbocycles. The molecule has 2 aromatic rings. The van der Waals surface area contributed by atoms with Crippen molar-refractivity contribution in [3.05, 3.63) is 79.4 Å². The first-order chi connectivity index (χ1) is 14.0. The average Bonchev–Trinajstić information content (AvgIpc) is 2.78. The molecule has 6 heteroatoms. The zero-order valence-corrected chi connectivity index (χ0v) is 17.4. The van der Waals surface area contributed by atoms with Gasteiger partial charge in [0.15, 0.2) is 0 Å². The molecule has 154 valence electrons. The fraction of sp³-hybridized carbons (Fsp3) is 0.174. The van der Waals surface area contributed by atoms with Crippen molar-refractivity contribution in [2.45, 2.75) is 27.7 Å². The number of anilines is 3. The van der Waals surface area contributed by atoms with Gasteiger partial charge in [-0.05, 0) is 60.7 Å². The van der Waals surface area contributed by atoms with Crippen LogP contribution in [0, 0.1) is 0 Å². The summed E-state index contributed by atoms with van der Waals surface area (Å²) in [5.41, 5.74) is 2.21. The minimum absolute atomic E-state index is 0.288. The molecule has 0 fully saturated rings. The molecular weight excluding hydrogens is 366 g/mol. The molecule has 0 saturated heterocycles. The molecule has 0 radical (unpaired) electrons. The first-order valence-corrected chi connectivity index (χ1v) is 9.40. The van der Waals surface area contributed by atoms with Crippen molar-refractivity contribution in [2.24, 2.45) is 0 Å². The van der Waals surface area contributed by atoms with E-state index in [1.165, 1.54) is 12.2 Å². The minimum Gasteiger partial charge on any atom is -0.323 e. The molecule has 0 saturated carbocycles. The summed E-state index contributed by atoms with van der Waals surface area (Å²) in [6.07, 6.45) is 2.35. The van der Waals surface area contributed by atoms with Gasteiger partial charge in [-0.2, -0.15) is 0 Å². The molecule has 0 bridgehead atoms. The lowest BCUT2D eigenvalue weighted by Gasteiger charge is -2.08. The number of nitrogens with one attached hydrogen (secondary N) is 3. The van der Waals surface area contributed by atoms with E-state index >= 15 is 0 Å². The second kappa shape index (κ2) is 14.4. The molecule has 0 aliphatic rings. The highest BCUT2D eigenvalue weighted by molar-refractivity contribution is 6.05. The Morgan fingerprint density at radius 3 is 1.28 bits per heavy atom. The molecule has 0 aliphatic heterocycles. The molecule has 6 nitrogen and oxygen atoms in total. The zero-order chi connectivity index (χ0) is 22.2. The Labute approximate surface area is 172 Å². The van der Waals surface area contributed by atoms with Crippen molar-refractivity contribution in [1.29, 1.82) is 0 Å². The molecule has 0 aromatic heterocycles. The Morgan fingerprint density at radius 1 is 0.621 bits per heavy atom. The Kier molecular flexibility index (Phi) is 12.6. The van der Waals surface area contributed by atoms with Gasteiger partial charge in [-0.3, -0.25) is 14.4 Å². The number of amides is 3. The van der Waals surface area contributed by atoms with Crippen LogP contribution in [0.3, 0.4) is 0 Å². The second-order valence-electron chi connectivity index (χ2n) is 5.00. The lowest BCUT2D eigenvalue weighted by molar-refractivity contribution is -0.112. The molecular formula is C23H29N3O3. The van der Waals surface area contributed by atoms with E-state index in [-0.39, 0.29) is 17.7 Å². The van der Waals surface area contributed by atoms with E-state index in [0.29, 0.717) is 22.6 Å². The predicted molar refractivity (Wildman–Crippen MR) is 121 cm³/mol. The molecule has 0 atom stereocenters. The lowest BCUT2D eigenvalue weighted by Crippen LogP contribution is -2.13. The van der Waals surface area contributed by atoms with Crippen molar-refractivity contribution in [3.63, 3.8) is 0 Å². The van der Waals surface area contributed by atoms with E-state index in [9.17, 15) is 14.4 Å². The first kappa shape index (κ1) is 25.3. The van der Waals surface area contributed by atoms with Gasteiger partial charge < -0.3 is 16.0 Å². The van der Waals surface area contributed by atoms with Crippen molar-refractivity contribution in [3.8, 4) is 0 Å². The molecule has 3 N–H and O–H groups in total. The van der Waals surface area contributed by atoms with Crippen LogP contribution in [0.25, 0.3) is 0 Å². The summed E-state index contributed by atoms with van der Waals surface area (Å²) in [5.74, 6) is -0.911. The van der Waals surface area contributed by atoms with Crippen molar-refractivity contribution in [1.82, 2.24) is 0 Å². The van der Waals surface area contributed by atoms with E-state index < -0.39 is 0 Å². The summed E-state index contributed by atoms with van der Waals surface area (Å²) in [6.45, 7) is 14.7. The number of benzene rings is 2. The number of rotatable bonds is 6. The first-order valence-electron chi connectivity index (χ1n) is 9.40. The topological polar surface area (TPSA) is 87.3 Å². The van der Waals surface area contributed by atoms with Crippen LogP contribution >= 0.6 is 0 Å².